The first kappa shape index (κ1) is 15.8. The highest BCUT2D eigenvalue weighted by molar-refractivity contribution is 7.11. The lowest BCUT2D eigenvalue weighted by molar-refractivity contribution is 0.163. The Morgan fingerprint density at radius 1 is 1.29 bits per heavy atom. The Morgan fingerprint density at radius 3 is 2.76 bits per heavy atom. The zero-order chi connectivity index (χ0) is 15.1. The Kier molecular flexibility index (Phi) is 5.98. The molecule has 114 valence electrons. The number of anilines is 2. The van der Waals surface area contributed by atoms with Gasteiger partial charge < -0.3 is 20.7 Å². The number of nitrogens with one attached hydrogen (secondary N) is 1. The molecule has 1 aromatic carbocycles. The van der Waals surface area contributed by atoms with Gasteiger partial charge in [0.25, 0.3) is 0 Å². The van der Waals surface area contributed by atoms with Crippen LogP contribution in [0.1, 0.15) is 0 Å². The Bertz CT molecular complexity index is 544. The van der Waals surface area contributed by atoms with Crippen LogP contribution in [0, 0.1) is 0 Å². The second-order valence-electron chi connectivity index (χ2n) is 4.86. The Hall–Kier alpha value is -1.63. The van der Waals surface area contributed by atoms with Gasteiger partial charge in [0.2, 0.25) is 0 Å². The fraction of sp³-hybridized carbons (Fsp3) is 0.400. The number of nitrogens with zero attached hydrogens (tertiary/aromatic N) is 2. The van der Waals surface area contributed by atoms with Crippen molar-refractivity contribution in [3.05, 3.63) is 30.3 Å². The summed E-state index contributed by atoms with van der Waals surface area (Å²) in [7, 11) is 3.80. The first-order valence-electron chi connectivity index (χ1n) is 6.94. The van der Waals surface area contributed by atoms with E-state index in [0.29, 0.717) is 5.82 Å². The highest BCUT2D eigenvalue weighted by Gasteiger charge is 2.13. The molecule has 0 radical (unpaired) electrons. The molecule has 0 saturated carbocycles. The molecule has 2 aromatic rings. The fourth-order valence-corrected chi connectivity index (χ4v) is 2.79. The van der Waals surface area contributed by atoms with Crippen LogP contribution in [0.4, 0.5) is 10.8 Å². The highest BCUT2D eigenvalue weighted by atomic mass is 32.1. The molecule has 3 N–H and O–H groups in total. The van der Waals surface area contributed by atoms with Crippen molar-refractivity contribution in [2.24, 2.45) is 0 Å². The number of hydrogen-bond donors (Lipinski definition) is 2. The van der Waals surface area contributed by atoms with Crippen molar-refractivity contribution in [1.82, 2.24) is 9.27 Å². The van der Waals surface area contributed by atoms with Crippen LogP contribution in [-0.2, 0) is 4.74 Å². The zero-order valence-electron chi connectivity index (χ0n) is 12.5. The Labute approximate surface area is 129 Å². The summed E-state index contributed by atoms with van der Waals surface area (Å²) in [5.41, 5.74) is 8.10. The van der Waals surface area contributed by atoms with Gasteiger partial charge in [0.1, 0.15) is 10.8 Å². The standard InChI is InChI=1S/C15H22N4OS/c1-19(10-11-20-2)9-8-17-15-13(14(16)18-21-15)12-6-4-3-5-7-12/h3-7,17H,8-11H2,1-2H3,(H2,16,18). The van der Waals surface area contributed by atoms with Crippen molar-refractivity contribution in [2.45, 2.75) is 0 Å². The molecule has 1 aromatic heterocycles. The number of rotatable bonds is 8. The number of ether oxygens (including phenoxy) is 1. The van der Waals surface area contributed by atoms with Crippen LogP contribution >= 0.6 is 11.5 Å². The summed E-state index contributed by atoms with van der Waals surface area (Å²) in [6.07, 6.45) is 0. The molecule has 0 amide bonds. The number of nitrogens with two attached hydrogens (primary N) is 1. The van der Waals surface area contributed by atoms with Gasteiger partial charge in [0.15, 0.2) is 0 Å². The van der Waals surface area contributed by atoms with E-state index in [-0.39, 0.29) is 0 Å². The Morgan fingerprint density at radius 2 is 2.05 bits per heavy atom. The number of methoxy groups -OCH3 is 1. The Balaban J connectivity index is 1.96. The molecule has 2 rings (SSSR count). The predicted molar refractivity (Wildman–Crippen MR) is 89.8 cm³/mol. The third-order valence-electron chi connectivity index (χ3n) is 3.24. The van der Waals surface area contributed by atoms with Gasteiger partial charge in [-0.2, -0.15) is 4.37 Å². The van der Waals surface area contributed by atoms with Crippen LogP contribution < -0.4 is 11.1 Å². The molecular weight excluding hydrogens is 284 g/mol. The van der Waals surface area contributed by atoms with Crippen LogP contribution in [0.3, 0.4) is 0 Å². The first-order chi connectivity index (χ1) is 10.2. The highest BCUT2D eigenvalue weighted by Crippen LogP contribution is 2.36. The molecule has 6 heteroatoms. The third kappa shape index (κ3) is 4.42. The second-order valence-corrected chi connectivity index (χ2v) is 5.63. The largest absolute Gasteiger partial charge is 0.383 e. The van der Waals surface area contributed by atoms with E-state index in [1.807, 2.05) is 18.2 Å². The molecule has 0 saturated heterocycles. The van der Waals surface area contributed by atoms with Crippen molar-refractivity contribution >= 4 is 22.4 Å². The molecule has 0 spiro atoms. The molecular formula is C15H22N4OS. The van der Waals surface area contributed by atoms with Crippen LogP contribution in [0.5, 0.6) is 0 Å². The molecule has 5 nitrogen and oxygen atoms in total. The smallest absolute Gasteiger partial charge is 0.147 e. The van der Waals surface area contributed by atoms with Gasteiger partial charge in [-0.3, -0.25) is 0 Å². The zero-order valence-corrected chi connectivity index (χ0v) is 13.3. The number of aromatic nitrogens is 1. The molecule has 21 heavy (non-hydrogen) atoms. The first-order valence-corrected chi connectivity index (χ1v) is 7.71. The van der Waals surface area contributed by atoms with Gasteiger partial charge in [-0.05, 0) is 24.1 Å². The fourth-order valence-electron chi connectivity index (χ4n) is 2.03. The normalized spacial score (nSPS) is 11.0. The van der Waals surface area contributed by atoms with Crippen LogP contribution in [0.15, 0.2) is 30.3 Å². The van der Waals surface area contributed by atoms with E-state index in [4.69, 9.17) is 10.5 Å². The molecule has 0 aliphatic rings. The molecule has 0 bridgehead atoms. The summed E-state index contributed by atoms with van der Waals surface area (Å²) in [4.78, 5) is 2.23. The van der Waals surface area contributed by atoms with Gasteiger partial charge >= 0.3 is 0 Å². The monoisotopic (exact) mass is 306 g/mol. The van der Waals surface area contributed by atoms with Gasteiger partial charge in [-0.1, -0.05) is 30.3 Å². The molecule has 0 aliphatic carbocycles. The molecule has 0 unspecified atom stereocenters. The third-order valence-corrected chi connectivity index (χ3v) is 4.06. The van der Waals surface area contributed by atoms with Crippen LogP contribution in [-0.4, -0.2) is 49.7 Å². The second kappa shape index (κ2) is 7.97. The van der Waals surface area contributed by atoms with E-state index < -0.39 is 0 Å². The molecule has 1 heterocycles. The topological polar surface area (TPSA) is 63.4 Å². The minimum absolute atomic E-state index is 0.585. The lowest BCUT2D eigenvalue weighted by Crippen LogP contribution is -2.28. The molecule has 0 atom stereocenters. The maximum atomic E-state index is 6.00. The quantitative estimate of drug-likeness (QED) is 0.784. The molecule has 0 fully saturated rings. The number of hydrogen-bond acceptors (Lipinski definition) is 6. The van der Waals surface area contributed by atoms with Gasteiger partial charge in [0, 0.05) is 26.7 Å². The van der Waals surface area contributed by atoms with E-state index in [1.165, 1.54) is 11.5 Å². The molecule has 0 aliphatic heterocycles. The SMILES string of the molecule is COCCN(C)CCNc1snc(N)c1-c1ccccc1. The van der Waals surface area contributed by atoms with Crippen LogP contribution in [0.2, 0.25) is 0 Å². The summed E-state index contributed by atoms with van der Waals surface area (Å²) in [5, 5.41) is 4.46. The average molecular weight is 306 g/mol. The number of benzene rings is 1. The van der Waals surface area contributed by atoms with Crippen molar-refractivity contribution in [3.8, 4) is 11.1 Å². The van der Waals surface area contributed by atoms with Crippen molar-refractivity contribution in [2.75, 3.05) is 51.4 Å². The maximum Gasteiger partial charge on any atom is 0.147 e. The number of likely N-dealkylation sites (N-methyl/N-ethyl adjacent to an activating group) is 1. The lowest BCUT2D eigenvalue weighted by Gasteiger charge is -2.16. The summed E-state index contributed by atoms with van der Waals surface area (Å²) in [5.74, 6) is 0.585. The summed E-state index contributed by atoms with van der Waals surface area (Å²) in [6.45, 7) is 3.46. The van der Waals surface area contributed by atoms with E-state index in [1.54, 1.807) is 7.11 Å². The average Bonchev–Trinajstić information content (AvgIpc) is 2.87. The van der Waals surface area contributed by atoms with Crippen LogP contribution in [0.25, 0.3) is 11.1 Å². The van der Waals surface area contributed by atoms with Crippen molar-refractivity contribution in [3.63, 3.8) is 0 Å². The summed E-state index contributed by atoms with van der Waals surface area (Å²) in [6, 6.07) is 10.1. The number of nitrogen functional groups attached to an aromatic ring is 1. The summed E-state index contributed by atoms with van der Waals surface area (Å²) >= 11 is 1.41. The predicted octanol–water partition coefficient (Wildman–Crippen LogP) is 2.38. The van der Waals surface area contributed by atoms with Crippen molar-refractivity contribution in [1.29, 1.82) is 0 Å². The lowest BCUT2D eigenvalue weighted by atomic mass is 10.1. The van der Waals surface area contributed by atoms with E-state index in [0.717, 1.165) is 42.4 Å². The van der Waals surface area contributed by atoms with Crippen molar-refractivity contribution < 1.29 is 4.74 Å². The van der Waals surface area contributed by atoms with E-state index >= 15 is 0 Å². The van der Waals surface area contributed by atoms with E-state index in [2.05, 4.69) is 33.8 Å². The van der Waals surface area contributed by atoms with E-state index in [9.17, 15) is 0 Å². The van der Waals surface area contributed by atoms with Gasteiger partial charge in [-0.25, -0.2) is 0 Å². The van der Waals surface area contributed by atoms with Gasteiger partial charge in [-0.15, -0.1) is 0 Å². The summed E-state index contributed by atoms with van der Waals surface area (Å²) < 4.78 is 9.33. The minimum atomic E-state index is 0.585. The van der Waals surface area contributed by atoms with Gasteiger partial charge in [0.05, 0.1) is 12.2 Å². The maximum absolute atomic E-state index is 6.00. The minimum Gasteiger partial charge on any atom is -0.383 e.